The average molecular weight is 395 g/mol. The first-order chi connectivity index (χ1) is 12.6. The van der Waals surface area contributed by atoms with Crippen LogP contribution in [0.5, 0.6) is 5.75 Å². The van der Waals surface area contributed by atoms with Crippen LogP contribution in [-0.2, 0) is 10.2 Å². The van der Waals surface area contributed by atoms with Gasteiger partial charge in [0, 0.05) is 48.2 Å². The fraction of sp³-hybridized carbons (Fsp3) is 0.368. The van der Waals surface area contributed by atoms with E-state index >= 15 is 0 Å². The Balaban J connectivity index is 1.88. The second-order valence-electron chi connectivity index (χ2n) is 6.28. The lowest BCUT2D eigenvalue weighted by molar-refractivity contribution is 0.0479. The van der Waals surface area contributed by atoms with E-state index in [1.54, 1.807) is 25.4 Å². The van der Waals surface area contributed by atoms with E-state index in [1.165, 1.54) is 6.20 Å². The van der Waals surface area contributed by atoms with Gasteiger partial charge in [-0.25, -0.2) is 0 Å². The monoisotopic (exact) mass is 394 g/mol. The zero-order valence-electron chi connectivity index (χ0n) is 14.4. The molecule has 1 aromatic carbocycles. The zero-order chi connectivity index (χ0) is 18.6. The maximum atomic E-state index is 12.6. The molecule has 138 valence electrons. The van der Waals surface area contributed by atoms with Crippen molar-refractivity contribution in [3.8, 4) is 5.75 Å². The second-order valence-corrected chi connectivity index (χ2v) is 7.12. The Labute approximate surface area is 162 Å². The van der Waals surface area contributed by atoms with E-state index in [-0.39, 0.29) is 11.3 Å². The normalized spacial score (nSPS) is 16.1. The van der Waals surface area contributed by atoms with Gasteiger partial charge in [0.15, 0.2) is 0 Å². The quantitative estimate of drug-likeness (QED) is 0.835. The number of carbonyl (C=O) groups is 1. The number of pyridine rings is 1. The average Bonchev–Trinajstić information content (AvgIpc) is 2.67. The van der Waals surface area contributed by atoms with Gasteiger partial charge in [-0.15, -0.1) is 0 Å². The molecule has 0 unspecified atom stereocenters. The van der Waals surface area contributed by atoms with Crippen LogP contribution in [0.25, 0.3) is 0 Å². The molecule has 2 aromatic rings. The van der Waals surface area contributed by atoms with Gasteiger partial charge in [-0.05, 0) is 37.1 Å². The lowest BCUT2D eigenvalue weighted by Crippen LogP contribution is -2.44. The Hall–Kier alpha value is -1.82. The van der Waals surface area contributed by atoms with Crippen molar-refractivity contribution in [3.05, 3.63) is 57.8 Å². The Morgan fingerprint density at radius 2 is 2.08 bits per heavy atom. The van der Waals surface area contributed by atoms with Crippen LogP contribution in [0.15, 0.2) is 36.7 Å². The molecule has 0 saturated carbocycles. The fourth-order valence-electron chi connectivity index (χ4n) is 3.30. The van der Waals surface area contributed by atoms with E-state index in [1.807, 2.05) is 12.1 Å². The smallest absolute Gasteiger partial charge is 0.252 e. The summed E-state index contributed by atoms with van der Waals surface area (Å²) in [5.74, 6) is 0.525. The number of aromatic nitrogens is 1. The summed E-state index contributed by atoms with van der Waals surface area (Å²) in [4.78, 5) is 16.5. The van der Waals surface area contributed by atoms with E-state index in [0.717, 1.165) is 24.2 Å². The molecule has 0 spiro atoms. The van der Waals surface area contributed by atoms with Crippen molar-refractivity contribution < 1.29 is 14.3 Å². The summed E-state index contributed by atoms with van der Waals surface area (Å²) in [5, 5.41) is 3.97. The zero-order valence-corrected chi connectivity index (χ0v) is 15.9. The number of hydrogen-bond acceptors (Lipinski definition) is 4. The van der Waals surface area contributed by atoms with Crippen molar-refractivity contribution >= 4 is 29.1 Å². The molecule has 26 heavy (non-hydrogen) atoms. The lowest BCUT2D eigenvalue weighted by atomic mass is 9.73. The highest BCUT2D eigenvalue weighted by Gasteiger charge is 2.37. The largest absolute Gasteiger partial charge is 0.496 e. The number of halogens is 2. The van der Waals surface area contributed by atoms with Gasteiger partial charge in [-0.1, -0.05) is 23.2 Å². The molecule has 1 fully saturated rings. The third-order valence-electron chi connectivity index (χ3n) is 4.79. The summed E-state index contributed by atoms with van der Waals surface area (Å²) in [6.45, 7) is 1.66. The van der Waals surface area contributed by atoms with Gasteiger partial charge in [-0.3, -0.25) is 9.78 Å². The van der Waals surface area contributed by atoms with E-state index in [2.05, 4.69) is 10.3 Å². The van der Waals surface area contributed by atoms with Gasteiger partial charge in [0.05, 0.1) is 17.7 Å². The number of hydrogen-bond donors (Lipinski definition) is 1. The Morgan fingerprint density at radius 1 is 1.31 bits per heavy atom. The molecule has 1 saturated heterocycles. The number of amides is 1. The molecule has 1 aromatic heterocycles. The molecule has 1 amide bonds. The van der Waals surface area contributed by atoms with E-state index in [0.29, 0.717) is 35.4 Å². The van der Waals surface area contributed by atoms with Crippen molar-refractivity contribution in [1.82, 2.24) is 10.3 Å². The predicted octanol–water partition coefficient (Wildman–Crippen LogP) is 3.88. The molecule has 7 heteroatoms. The van der Waals surface area contributed by atoms with Crippen LogP contribution in [0.4, 0.5) is 0 Å². The van der Waals surface area contributed by atoms with Crippen LogP contribution in [0.1, 0.15) is 28.8 Å². The highest BCUT2D eigenvalue weighted by atomic mass is 35.5. The van der Waals surface area contributed by atoms with Gasteiger partial charge < -0.3 is 14.8 Å². The minimum Gasteiger partial charge on any atom is -0.496 e. The SMILES string of the molecule is COc1ccc(Cl)cc1C1(CNC(=O)c2ccncc2Cl)CCOCC1. The van der Waals surface area contributed by atoms with Crippen molar-refractivity contribution in [2.75, 3.05) is 26.9 Å². The molecule has 0 aliphatic carbocycles. The number of rotatable bonds is 5. The number of nitrogens with one attached hydrogen (secondary N) is 1. The molecule has 0 radical (unpaired) electrons. The molecule has 5 nitrogen and oxygen atoms in total. The standard InChI is InChI=1S/C19H20Cl2N2O3/c1-25-17-3-2-13(20)10-15(17)19(5-8-26-9-6-19)12-23-18(24)14-4-7-22-11-16(14)21/h2-4,7,10-11H,5-6,8-9,12H2,1H3,(H,23,24). The van der Waals surface area contributed by atoms with Crippen LogP contribution in [0.2, 0.25) is 10.0 Å². The van der Waals surface area contributed by atoms with Gasteiger partial charge in [-0.2, -0.15) is 0 Å². The second kappa shape index (κ2) is 8.25. The molecule has 1 N–H and O–H groups in total. The van der Waals surface area contributed by atoms with Gasteiger partial charge in [0.1, 0.15) is 5.75 Å². The Bertz CT molecular complexity index is 792. The third kappa shape index (κ3) is 3.95. The molecule has 0 bridgehead atoms. The first-order valence-electron chi connectivity index (χ1n) is 8.35. The lowest BCUT2D eigenvalue weighted by Gasteiger charge is -2.38. The van der Waals surface area contributed by atoms with E-state index in [4.69, 9.17) is 32.7 Å². The number of ether oxygens (including phenoxy) is 2. The molecular formula is C19H20Cl2N2O3. The Kier molecular flexibility index (Phi) is 6.01. The molecular weight excluding hydrogens is 375 g/mol. The first kappa shape index (κ1) is 19.0. The minimum absolute atomic E-state index is 0.232. The molecule has 1 aliphatic rings. The first-order valence-corrected chi connectivity index (χ1v) is 9.11. The molecule has 1 aliphatic heterocycles. The predicted molar refractivity (Wildman–Crippen MR) is 101 cm³/mol. The summed E-state index contributed by atoms with van der Waals surface area (Å²) < 4.78 is 11.1. The van der Waals surface area contributed by atoms with Gasteiger partial charge in [0.2, 0.25) is 0 Å². The topological polar surface area (TPSA) is 60.5 Å². The fourth-order valence-corrected chi connectivity index (χ4v) is 3.68. The highest BCUT2D eigenvalue weighted by Crippen LogP contribution is 2.40. The maximum absolute atomic E-state index is 12.6. The number of nitrogens with zero attached hydrogens (tertiary/aromatic N) is 1. The summed E-state index contributed by atoms with van der Waals surface area (Å²) in [7, 11) is 1.63. The Morgan fingerprint density at radius 3 is 2.77 bits per heavy atom. The minimum atomic E-state index is -0.316. The van der Waals surface area contributed by atoms with E-state index in [9.17, 15) is 4.79 Å². The van der Waals surface area contributed by atoms with Gasteiger partial charge >= 0.3 is 0 Å². The van der Waals surface area contributed by atoms with Crippen LogP contribution >= 0.6 is 23.2 Å². The van der Waals surface area contributed by atoms with Crippen molar-refractivity contribution in [3.63, 3.8) is 0 Å². The van der Waals surface area contributed by atoms with Gasteiger partial charge in [0.25, 0.3) is 5.91 Å². The van der Waals surface area contributed by atoms with Crippen LogP contribution in [-0.4, -0.2) is 37.8 Å². The number of methoxy groups -OCH3 is 1. The summed E-state index contributed by atoms with van der Waals surface area (Å²) in [6.07, 6.45) is 4.52. The van der Waals surface area contributed by atoms with E-state index < -0.39 is 0 Å². The van der Waals surface area contributed by atoms with Crippen LogP contribution in [0, 0.1) is 0 Å². The molecule has 2 heterocycles. The van der Waals surface area contributed by atoms with Crippen molar-refractivity contribution in [2.45, 2.75) is 18.3 Å². The third-order valence-corrected chi connectivity index (χ3v) is 5.32. The van der Waals surface area contributed by atoms with Crippen molar-refractivity contribution in [2.24, 2.45) is 0 Å². The van der Waals surface area contributed by atoms with Crippen LogP contribution < -0.4 is 10.1 Å². The molecule has 0 atom stereocenters. The molecule has 3 rings (SSSR count). The number of benzene rings is 1. The highest BCUT2D eigenvalue weighted by molar-refractivity contribution is 6.33. The number of carbonyl (C=O) groups excluding carboxylic acids is 1. The summed E-state index contributed by atoms with van der Waals surface area (Å²) in [5.41, 5.74) is 1.07. The van der Waals surface area contributed by atoms with Crippen molar-refractivity contribution in [1.29, 1.82) is 0 Å². The van der Waals surface area contributed by atoms with Crippen LogP contribution in [0.3, 0.4) is 0 Å². The summed E-state index contributed by atoms with van der Waals surface area (Å²) >= 11 is 12.3. The maximum Gasteiger partial charge on any atom is 0.252 e. The summed E-state index contributed by atoms with van der Waals surface area (Å²) in [6, 6.07) is 7.17.